The van der Waals surface area contributed by atoms with Gasteiger partial charge >= 0.3 is 0 Å². The Morgan fingerprint density at radius 1 is 1.39 bits per heavy atom. The van der Waals surface area contributed by atoms with Crippen LogP contribution in [0.2, 0.25) is 0 Å². The molecule has 2 aromatic rings. The number of aromatic nitrogens is 1. The molecule has 18 heavy (non-hydrogen) atoms. The van der Waals surface area contributed by atoms with E-state index in [1.54, 1.807) is 6.21 Å². The molecule has 0 amide bonds. The van der Waals surface area contributed by atoms with Gasteiger partial charge in [-0.2, -0.15) is 0 Å². The fourth-order valence-corrected chi connectivity index (χ4v) is 1.98. The Kier molecular flexibility index (Phi) is 4.21. The van der Waals surface area contributed by atoms with Gasteiger partial charge in [0.25, 0.3) is 0 Å². The molecule has 1 atom stereocenters. The molecule has 0 aliphatic heterocycles. The zero-order chi connectivity index (χ0) is 13.1. The first-order valence-corrected chi connectivity index (χ1v) is 7.48. The highest BCUT2D eigenvalue weighted by Crippen LogP contribution is 2.26. The van der Waals surface area contributed by atoms with E-state index in [0.29, 0.717) is 5.76 Å². The van der Waals surface area contributed by atoms with Gasteiger partial charge in [-0.25, -0.2) is 0 Å². The molecule has 94 valence electrons. The molecular formula is C12H11BrN2O2S. The Hall–Kier alpha value is -1.11. The van der Waals surface area contributed by atoms with E-state index in [9.17, 15) is 4.55 Å². The van der Waals surface area contributed by atoms with Crippen LogP contribution < -0.4 is 0 Å². The van der Waals surface area contributed by atoms with Gasteiger partial charge in [-0.1, -0.05) is 25.5 Å². The summed E-state index contributed by atoms with van der Waals surface area (Å²) in [5.74, 6) is 0.634. The molecule has 0 aliphatic carbocycles. The summed E-state index contributed by atoms with van der Waals surface area (Å²) in [5.41, 5.74) is 2.39. The largest absolute Gasteiger partial charge is 0.592 e. The van der Waals surface area contributed by atoms with Crippen molar-refractivity contribution in [3.8, 4) is 11.3 Å². The van der Waals surface area contributed by atoms with E-state index >= 15 is 0 Å². The third-order valence-corrected chi connectivity index (χ3v) is 3.28. The Labute approximate surface area is 117 Å². The number of aryl methyl sites for hydroxylation is 1. The number of halogens is 1. The van der Waals surface area contributed by atoms with Gasteiger partial charge in [0, 0.05) is 10.0 Å². The van der Waals surface area contributed by atoms with Gasteiger partial charge in [0.05, 0.1) is 28.8 Å². The van der Waals surface area contributed by atoms with E-state index in [2.05, 4.69) is 25.5 Å². The highest BCUT2D eigenvalue weighted by molar-refractivity contribution is 9.10. The average molecular weight is 327 g/mol. The second-order valence-corrected chi connectivity index (χ2v) is 5.65. The Morgan fingerprint density at radius 2 is 2.06 bits per heavy atom. The van der Waals surface area contributed by atoms with Crippen LogP contribution in [0.25, 0.3) is 11.3 Å². The van der Waals surface area contributed by atoms with E-state index in [1.807, 2.05) is 31.2 Å². The Balaban J connectivity index is 2.42. The van der Waals surface area contributed by atoms with Crippen molar-refractivity contribution >= 4 is 33.5 Å². The molecule has 0 N–H and O–H groups in total. The third-order valence-electron chi connectivity index (χ3n) is 2.34. The van der Waals surface area contributed by atoms with Gasteiger partial charge in [-0.05, 0) is 31.2 Å². The topological polar surface area (TPSA) is 61.5 Å². The minimum absolute atomic E-state index is 0.634. The van der Waals surface area contributed by atoms with Gasteiger partial charge in [0.15, 0.2) is 5.76 Å². The van der Waals surface area contributed by atoms with Gasteiger partial charge in [-0.15, -0.1) is 0 Å². The lowest BCUT2D eigenvalue weighted by Gasteiger charge is -1.98. The van der Waals surface area contributed by atoms with Crippen molar-refractivity contribution in [2.75, 3.05) is 6.26 Å². The zero-order valence-electron chi connectivity index (χ0n) is 9.88. The van der Waals surface area contributed by atoms with Crippen LogP contribution in [0.1, 0.15) is 11.3 Å². The first kappa shape index (κ1) is 13.3. The monoisotopic (exact) mass is 326 g/mol. The number of hydrogen-bond donors (Lipinski definition) is 0. The highest BCUT2D eigenvalue weighted by atomic mass is 79.9. The quantitative estimate of drug-likeness (QED) is 0.643. The highest BCUT2D eigenvalue weighted by Gasteiger charge is 2.13. The van der Waals surface area contributed by atoms with Gasteiger partial charge in [0.1, 0.15) is 6.26 Å². The van der Waals surface area contributed by atoms with Crippen LogP contribution >= 0.6 is 15.9 Å². The van der Waals surface area contributed by atoms with Crippen molar-refractivity contribution in [2.45, 2.75) is 6.92 Å². The minimum atomic E-state index is -1.23. The summed E-state index contributed by atoms with van der Waals surface area (Å²) in [6.45, 7) is 1.83. The normalized spacial score (nSPS) is 13.1. The number of hydrogen-bond acceptors (Lipinski definition) is 4. The molecule has 1 heterocycles. The van der Waals surface area contributed by atoms with Crippen LogP contribution in [0.15, 0.2) is 37.7 Å². The lowest BCUT2D eigenvalue weighted by molar-refractivity contribution is 0.427. The molecule has 1 aromatic heterocycles. The van der Waals surface area contributed by atoms with Crippen molar-refractivity contribution in [1.82, 2.24) is 5.16 Å². The lowest BCUT2D eigenvalue weighted by Crippen LogP contribution is -1.93. The van der Waals surface area contributed by atoms with E-state index in [-0.39, 0.29) is 0 Å². The standard InChI is InChI=1S/C12H11BrN2O2S/c1-8-11(7-14-18(2)16)12(17-15-8)9-3-5-10(13)6-4-9/h3-7H,1-2H3/b14-7+. The summed E-state index contributed by atoms with van der Waals surface area (Å²) in [5, 5.41) is 3.92. The average Bonchev–Trinajstić information content (AvgIpc) is 2.69. The molecule has 2 rings (SSSR count). The predicted octanol–water partition coefficient (Wildman–Crippen LogP) is 3.12. The second kappa shape index (κ2) is 5.69. The Bertz CT molecular complexity index is 564. The number of rotatable bonds is 3. The summed E-state index contributed by atoms with van der Waals surface area (Å²) < 4.78 is 21.2. The van der Waals surface area contributed by atoms with Crippen LogP contribution in [0.5, 0.6) is 0 Å². The van der Waals surface area contributed by atoms with E-state index in [1.165, 1.54) is 6.26 Å². The fourth-order valence-electron chi connectivity index (χ4n) is 1.47. The molecule has 0 saturated carbocycles. The third kappa shape index (κ3) is 3.01. The molecule has 0 spiro atoms. The summed E-state index contributed by atoms with van der Waals surface area (Å²) in [6.07, 6.45) is 3.05. The van der Waals surface area contributed by atoms with E-state index < -0.39 is 11.4 Å². The van der Waals surface area contributed by atoms with E-state index in [0.717, 1.165) is 21.3 Å². The molecular weight excluding hydrogens is 316 g/mol. The first-order valence-electron chi connectivity index (χ1n) is 5.18. The van der Waals surface area contributed by atoms with Crippen molar-refractivity contribution in [2.24, 2.45) is 4.40 Å². The Morgan fingerprint density at radius 3 is 2.67 bits per heavy atom. The van der Waals surface area contributed by atoms with E-state index in [4.69, 9.17) is 4.52 Å². The van der Waals surface area contributed by atoms with Gasteiger partial charge in [-0.3, -0.25) is 0 Å². The fraction of sp³-hybridized carbons (Fsp3) is 0.167. The van der Waals surface area contributed by atoms with Crippen molar-refractivity contribution in [3.63, 3.8) is 0 Å². The molecule has 0 fully saturated rings. The molecule has 0 radical (unpaired) electrons. The first-order chi connectivity index (χ1) is 8.58. The maximum atomic E-state index is 11.0. The molecule has 0 saturated heterocycles. The summed E-state index contributed by atoms with van der Waals surface area (Å²) >= 11 is 2.14. The lowest BCUT2D eigenvalue weighted by atomic mass is 10.1. The summed E-state index contributed by atoms with van der Waals surface area (Å²) in [6, 6.07) is 7.69. The van der Waals surface area contributed by atoms with Gasteiger partial charge in [0.2, 0.25) is 0 Å². The predicted molar refractivity (Wildman–Crippen MR) is 76.0 cm³/mol. The second-order valence-electron chi connectivity index (χ2n) is 3.68. The molecule has 6 heteroatoms. The zero-order valence-corrected chi connectivity index (χ0v) is 12.3. The molecule has 0 aliphatic rings. The van der Waals surface area contributed by atoms with Gasteiger partial charge < -0.3 is 9.08 Å². The summed E-state index contributed by atoms with van der Waals surface area (Å²) in [7, 11) is 0. The van der Waals surface area contributed by atoms with Crippen molar-refractivity contribution < 1.29 is 9.08 Å². The molecule has 1 aromatic carbocycles. The maximum absolute atomic E-state index is 11.0. The van der Waals surface area contributed by atoms with Crippen LogP contribution in [-0.2, 0) is 11.4 Å². The minimum Gasteiger partial charge on any atom is -0.592 e. The summed E-state index contributed by atoms with van der Waals surface area (Å²) in [4.78, 5) is 0. The van der Waals surface area contributed by atoms with Crippen molar-refractivity contribution in [3.05, 3.63) is 40.0 Å². The maximum Gasteiger partial charge on any atom is 0.176 e. The molecule has 1 unspecified atom stereocenters. The van der Waals surface area contributed by atoms with Crippen molar-refractivity contribution in [1.29, 1.82) is 0 Å². The SMILES string of the molecule is Cc1noc(-c2ccc(Br)cc2)c1/C=N/[S+](C)[O-]. The molecule has 0 bridgehead atoms. The molecule has 4 nitrogen and oxygen atoms in total. The van der Waals surface area contributed by atoms with Crippen LogP contribution in [0, 0.1) is 6.92 Å². The van der Waals surface area contributed by atoms with Crippen LogP contribution in [0.3, 0.4) is 0 Å². The smallest absolute Gasteiger partial charge is 0.176 e. The number of benzene rings is 1. The number of nitrogens with zero attached hydrogens (tertiary/aromatic N) is 2. The van der Waals surface area contributed by atoms with Crippen LogP contribution in [0.4, 0.5) is 0 Å². The van der Waals surface area contributed by atoms with Crippen LogP contribution in [-0.4, -0.2) is 22.2 Å².